The van der Waals surface area contributed by atoms with Crippen LogP contribution < -0.4 is 4.72 Å². The summed E-state index contributed by atoms with van der Waals surface area (Å²) in [6, 6.07) is 1.54. The molecule has 1 aliphatic carbocycles. The first-order valence-corrected chi connectivity index (χ1v) is 8.31. The predicted octanol–water partition coefficient (Wildman–Crippen LogP) is 1.59. The zero-order valence-corrected chi connectivity index (χ0v) is 12.6. The second-order valence-electron chi connectivity index (χ2n) is 4.89. The maximum absolute atomic E-state index is 12.4. The molecule has 1 saturated carbocycles. The van der Waals surface area contributed by atoms with Gasteiger partial charge in [0.15, 0.2) is 0 Å². The van der Waals surface area contributed by atoms with Gasteiger partial charge in [-0.1, -0.05) is 12.8 Å². The number of carbonyl (C=O) groups excluding carboxylic acids is 1. The third-order valence-corrected chi connectivity index (χ3v) is 5.00. The van der Waals surface area contributed by atoms with Crippen LogP contribution in [0, 0.1) is 0 Å². The van der Waals surface area contributed by atoms with Crippen molar-refractivity contribution in [3.8, 4) is 0 Å². The summed E-state index contributed by atoms with van der Waals surface area (Å²) in [6.07, 6.45) is 5.51. The summed E-state index contributed by atoms with van der Waals surface area (Å²) < 4.78 is 30.4. The first-order chi connectivity index (χ1) is 9.49. The topological polar surface area (TPSA) is 79.6 Å². The zero-order valence-electron chi connectivity index (χ0n) is 11.8. The molecule has 7 heteroatoms. The lowest BCUT2D eigenvalue weighted by Crippen LogP contribution is -2.38. The van der Waals surface area contributed by atoms with Crippen molar-refractivity contribution in [1.82, 2.24) is 9.62 Å². The predicted molar refractivity (Wildman–Crippen MR) is 73.9 cm³/mol. The Morgan fingerprint density at radius 1 is 1.45 bits per heavy atom. The van der Waals surface area contributed by atoms with Gasteiger partial charge in [0, 0.05) is 18.7 Å². The number of sulfonamides is 1. The molecule has 1 N–H and O–H groups in total. The van der Waals surface area contributed by atoms with Gasteiger partial charge in [0.05, 0.1) is 5.56 Å². The summed E-state index contributed by atoms with van der Waals surface area (Å²) in [5.74, 6) is -0.166. The Balaban J connectivity index is 2.20. The highest BCUT2D eigenvalue weighted by Gasteiger charge is 2.28. The van der Waals surface area contributed by atoms with E-state index in [4.69, 9.17) is 4.42 Å². The van der Waals surface area contributed by atoms with Crippen LogP contribution >= 0.6 is 0 Å². The fraction of sp³-hybridized carbons (Fsp3) is 0.615. The monoisotopic (exact) mass is 300 g/mol. The molecule has 0 bridgehead atoms. The molecule has 6 nitrogen and oxygen atoms in total. The van der Waals surface area contributed by atoms with Gasteiger partial charge >= 0.3 is 0 Å². The number of hydrogen-bond donors (Lipinski definition) is 1. The van der Waals surface area contributed by atoms with E-state index >= 15 is 0 Å². The number of nitrogens with one attached hydrogen (secondary N) is 1. The van der Waals surface area contributed by atoms with Crippen molar-refractivity contribution in [3.05, 3.63) is 17.9 Å². The fourth-order valence-corrected chi connectivity index (χ4v) is 3.28. The lowest BCUT2D eigenvalue weighted by Gasteiger charge is -2.27. The Labute approximate surface area is 119 Å². The van der Waals surface area contributed by atoms with Crippen LogP contribution in [0.2, 0.25) is 0 Å². The van der Waals surface area contributed by atoms with Crippen LogP contribution in [-0.4, -0.2) is 38.9 Å². The first-order valence-electron chi connectivity index (χ1n) is 6.82. The molecule has 1 amide bonds. The van der Waals surface area contributed by atoms with Gasteiger partial charge in [-0.25, -0.2) is 13.1 Å². The molecule has 1 heterocycles. The van der Waals surface area contributed by atoms with E-state index in [1.807, 2.05) is 6.92 Å². The first kappa shape index (κ1) is 15.1. The molecule has 0 unspecified atom stereocenters. The van der Waals surface area contributed by atoms with Gasteiger partial charge in [-0.2, -0.15) is 0 Å². The van der Waals surface area contributed by atoms with Crippen molar-refractivity contribution in [3.63, 3.8) is 0 Å². The highest BCUT2D eigenvalue weighted by atomic mass is 32.2. The number of nitrogens with zero attached hydrogens (tertiary/aromatic N) is 1. The van der Waals surface area contributed by atoms with Gasteiger partial charge in [0.25, 0.3) is 15.9 Å². The molecule has 0 aliphatic heterocycles. The minimum Gasteiger partial charge on any atom is -0.451 e. The zero-order chi connectivity index (χ0) is 14.8. The quantitative estimate of drug-likeness (QED) is 0.895. The molecule has 0 spiro atoms. The normalized spacial score (nSPS) is 16.5. The van der Waals surface area contributed by atoms with Gasteiger partial charge in [0.2, 0.25) is 5.09 Å². The van der Waals surface area contributed by atoms with Crippen LogP contribution in [0.25, 0.3) is 0 Å². The van der Waals surface area contributed by atoms with Crippen molar-refractivity contribution in [2.24, 2.45) is 0 Å². The van der Waals surface area contributed by atoms with E-state index in [0.717, 1.165) is 25.7 Å². The van der Waals surface area contributed by atoms with Gasteiger partial charge < -0.3 is 9.32 Å². The summed E-state index contributed by atoms with van der Waals surface area (Å²) in [6.45, 7) is 2.55. The van der Waals surface area contributed by atoms with Crippen molar-refractivity contribution < 1.29 is 17.6 Å². The van der Waals surface area contributed by atoms with Crippen molar-refractivity contribution in [2.75, 3.05) is 13.6 Å². The average Bonchev–Trinajstić information content (AvgIpc) is 3.11. The van der Waals surface area contributed by atoms with Gasteiger partial charge in [-0.3, -0.25) is 4.79 Å². The number of amides is 1. The van der Waals surface area contributed by atoms with Crippen LogP contribution in [0.5, 0.6) is 0 Å². The minimum absolute atomic E-state index is 0.166. The molecule has 0 radical (unpaired) electrons. The third kappa shape index (κ3) is 2.88. The Bertz CT molecular complexity index is 573. The molecule has 1 aromatic heterocycles. The van der Waals surface area contributed by atoms with Crippen LogP contribution in [-0.2, 0) is 10.0 Å². The second kappa shape index (κ2) is 5.97. The molecule has 1 aromatic rings. The molecule has 112 valence electrons. The van der Waals surface area contributed by atoms with Gasteiger partial charge in [0.1, 0.15) is 6.26 Å². The van der Waals surface area contributed by atoms with E-state index in [-0.39, 0.29) is 22.6 Å². The summed E-state index contributed by atoms with van der Waals surface area (Å²) in [5.41, 5.74) is 0.285. The van der Waals surface area contributed by atoms with E-state index in [9.17, 15) is 13.2 Å². The summed E-state index contributed by atoms with van der Waals surface area (Å²) in [5, 5.41) is -0.231. The Morgan fingerprint density at radius 2 is 2.10 bits per heavy atom. The molecule has 0 saturated heterocycles. The number of rotatable bonds is 5. The standard InChI is InChI=1S/C13H20N2O4S/c1-3-15(11-6-4-5-7-11)13(16)10-8-12(19-9-10)20(17,18)14-2/h8-9,11,14H,3-7H2,1-2H3. The number of carbonyl (C=O) groups is 1. The van der Waals surface area contributed by atoms with Crippen LogP contribution in [0.1, 0.15) is 43.0 Å². The van der Waals surface area contributed by atoms with E-state index in [1.165, 1.54) is 19.4 Å². The molecular weight excluding hydrogens is 280 g/mol. The third-order valence-electron chi connectivity index (χ3n) is 3.72. The molecular formula is C13H20N2O4S. The van der Waals surface area contributed by atoms with Gasteiger partial charge in [-0.05, 0) is 26.8 Å². The van der Waals surface area contributed by atoms with Crippen LogP contribution in [0.4, 0.5) is 0 Å². The maximum Gasteiger partial charge on any atom is 0.273 e. The smallest absolute Gasteiger partial charge is 0.273 e. The van der Waals surface area contributed by atoms with E-state index < -0.39 is 10.0 Å². The summed E-state index contributed by atoms with van der Waals surface area (Å²) >= 11 is 0. The van der Waals surface area contributed by atoms with E-state index in [1.54, 1.807) is 4.90 Å². The molecule has 1 fully saturated rings. The van der Waals surface area contributed by atoms with Crippen LogP contribution in [0.3, 0.4) is 0 Å². The van der Waals surface area contributed by atoms with Crippen LogP contribution in [0.15, 0.2) is 21.8 Å². The summed E-state index contributed by atoms with van der Waals surface area (Å²) in [4.78, 5) is 14.2. The Hall–Kier alpha value is -1.34. The fourth-order valence-electron chi connectivity index (χ4n) is 2.62. The number of hydrogen-bond acceptors (Lipinski definition) is 4. The minimum atomic E-state index is -3.65. The van der Waals surface area contributed by atoms with Gasteiger partial charge in [-0.15, -0.1) is 0 Å². The Morgan fingerprint density at radius 3 is 2.65 bits per heavy atom. The second-order valence-corrected chi connectivity index (χ2v) is 6.71. The van der Waals surface area contributed by atoms with E-state index in [2.05, 4.69) is 4.72 Å². The summed E-state index contributed by atoms with van der Waals surface area (Å²) in [7, 11) is -2.35. The lowest BCUT2D eigenvalue weighted by molar-refractivity contribution is 0.0693. The molecule has 20 heavy (non-hydrogen) atoms. The lowest BCUT2D eigenvalue weighted by atomic mass is 10.2. The average molecular weight is 300 g/mol. The SMILES string of the molecule is CCN(C(=O)c1coc(S(=O)(=O)NC)c1)C1CCCC1. The highest BCUT2D eigenvalue weighted by Crippen LogP contribution is 2.25. The van der Waals surface area contributed by atoms with E-state index in [0.29, 0.717) is 6.54 Å². The molecule has 0 aromatic carbocycles. The largest absolute Gasteiger partial charge is 0.451 e. The number of furan rings is 1. The molecule has 1 aliphatic rings. The highest BCUT2D eigenvalue weighted by molar-refractivity contribution is 7.89. The van der Waals surface area contributed by atoms with Crippen molar-refractivity contribution >= 4 is 15.9 Å². The maximum atomic E-state index is 12.4. The molecule has 0 atom stereocenters. The van der Waals surface area contributed by atoms with Crippen molar-refractivity contribution in [2.45, 2.75) is 43.7 Å². The van der Waals surface area contributed by atoms with Crippen molar-refractivity contribution in [1.29, 1.82) is 0 Å². The Kier molecular flexibility index (Phi) is 4.49. The molecule has 2 rings (SSSR count).